The molecule has 4 heterocycles. The monoisotopic (exact) mass is 1020 g/mol. The topological polar surface area (TPSA) is 83.8 Å². The summed E-state index contributed by atoms with van der Waals surface area (Å²) in [7, 11) is 0. The van der Waals surface area contributed by atoms with Gasteiger partial charge in [-0.2, -0.15) is 0 Å². The molecule has 0 fully saturated rings. The molecule has 0 unspecified atom stereocenters. The average Bonchev–Trinajstić information content (AvgIpc) is 3.66. The zero-order valence-corrected chi connectivity index (χ0v) is 43.3. The van der Waals surface area contributed by atoms with Crippen LogP contribution in [0.2, 0.25) is 0 Å². The summed E-state index contributed by atoms with van der Waals surface area (Å²) in [5.41, 5.74) is 18.0. The molecule has 0 bridgehead atoms. The third kappa shape index (κ3) is 9.12. The smallest absolute Gasteiger partial charge is 0.162 e. The average molecular weight is 1030 g/mol. The maximum absolute atomic E-state index is 5.57. The van der Waals surface area contributed by atoms with Crippen molar-refractivity contribution < 1.29 is 0 Å². The van der Waals surface area contributed by atoms with Crippen molar-refractivity contribution in [2.24, 2.45) is 0 Å². The van der Waals surface area contributed by atoms with Crippen LogP contribution < -0.4 is 9.80 Å². The maximum Gasteiger partial charge on any atom is 0.162 e. The number of nitrogens with zero attached hydrogens (tertiary/aromatic N) is 8. The van der Waals surface area contributed by atoms with Gasteiger partial charge in [0, 0.05) is 50.6 Å². The van der Waals surface area contributed by atoms with E-state index in [4.69, 9.17) is 29.9 Å². The first-order chi connectivity index (χ1) is 39.7. The van der Waals surface area contributed by atoms with Gasteiger partial charge in [-0.15, -0.1) is 0 Å². The Kier molecular flexibility index (Phi) is 12.4. The molecule has 13 aromatic rings. The molecule has 1 aliphatic rings. The van der Waals surface area contributed by atoms with Gasteiger partial charge < -0.3 is 4.90 Å². The molecular weight excluding hydrogens is 977 g/mol. The largest absolute Gasteiger partial charge is 0.306 e. The molecule has 0 N–H and O–H groups in total. The number of aromatic nitrogens is 6. The van der Waals surface area contributed by atoms with Crippen molar-refractivity contribution in [2.75, 3.05) is 9.80 Å². The minimum atomic E-state index is 0.579. The van der Waals surface area contributed by atoms with Gasteiger partial charge in [0.05, 0.1) is 56.9 Å². The summed E-state index contributed by atoms with van der Waals surface area (Å²) in [5, 5.41) is 0. The Morgan fingerprint density at radius 2 is 0.500 bits per heavy atom. The summed E-state index contributed by atoms with van der Waals surface area (Å²) in [6, 6.07) is 100. The molecule has 0 atom stereocenters. The van der Waals surface area contributed by atoms with Gasteiger partial charge in [-0.1, -0.05) is 237 Å². The van der Waals surface area contributed by atoms with E-state index in [-0.39, 0.29) is 0 Å². The molecule has 3 aromatic heterocycles. The third-order valence-electron chi connectivity index (χ3n) is 14.4. The SMILES string of the molecule is c1ccc(-c2cc(-c3cc(-c4nc(-c5ccccc5)cc(-c5ccccc5)n4)c(-c4ccccc4)cc3N3c4ccccc4N(c4cc(-c5ccccc5)nc(-c5ccccc5)n4)c4ccccc43)nc(-c3ccccc3)n2)cc1. The highest BCUT2D eigenvalue weighted by Gasteiger charge is 2.34. The summed E-state index contributed by atoms with van der Waals surface area (Å²) in [4.78, 5) is 37.1. The molecule has 0 saturated heterocycles. The predicted molar refractivity (Wildman–Crippen MR) is 325 cm³/mol. The zero-order chi connectivity index (χ0) is 53.2. The molecule has 10 aromatic carbocycles. The first kappa shape index (κ1) is 47.5. The number of hydrogen-bond donors (Lipinski definition) is 0. The Hall–Kier alpha value is -11.0. The normalized spacial score (nSPS) is 11.7. The van der Waals surface area contributed by atoms with Gasteiger partial charge in [0.1, 0.15) is 5.82 Å². The molecule has 0 spiro atoms. The molecular formula is C72H48N8. The standard InChI is InChI=1S/C72H48N8/c1-8-26-49(27-9-1)56-45-68(79-64-40-22-24-42-66(64)80(67-43-25-23-41-65(67)79)69-48-62(53-34-16-5-17-35-53)74-71(78-69)55-38-20-7-21-39-55)58(63-47-61(52-32-14-4-15-33-52)73-70(77-63)54-36-18-6-19-37-54)44-57(56)72-75-59(50-28-10-2-11-29-50)46-60(76-72)51-30-12-3-13-31-51/h1-48H. The molecule has 0 aliphatic carbocycles. The van der Waals surface area contributed by atoms with E-state index in [1.165, 1.54) is 0 Å². The van der Waals surface area contributed by atoms with Crippen molar-refractivity contribution in [1.29, 1.82) is 0 Å². The third-order valence-corrected chi connectivity index (χ3v) is 14.4. The van der Waals surface area contributed by atoms with Crippen molar-refractivity contribution >= 4 is 34.3 Å². The molecule has 80 heavy (non-hydrogen) atoms. The molecule has 0 amide bonds. The fourth-order valence-electron chi connectivity index (χ4n) is 10.6. The molecule has 8 nitrogen and oxygen atoms in total. The summed E-state index contributed by atoms with van der Waals surface area (Å²) < 4.78 is 0. The van der Waals surface area contributed by atoms with Crippen LogP contribution in [0.4, 0.5) is 34.3 Å². The summed E-state index contributed by atoms with van der Waals surface area (Å²) >= 11 is 0. The fraction of sp³-hybridized carbons (Fsp3) is 0. The quantitative estimate of drug-likeness (QED) is 0.127. The predicted octanol–water partition coefficient (Wildman–Crippen LogP) is 18.3. The van der Waals surface area contributed by atoms with Crippen molar-refractivity contribution in [3.8, 4) is 102 Å². The lowest BCUT2D eigenvalue weighted by atomic mass is 9.92. The van der Waals surface area contributed by atoms with Crippen LogP contribution in [0.1, 0.15) is 0 Å². The lowest BCUT2D eigenvalue weighted by Crippen LogP contribution is -2.25. The Morgan fingerprint density at radius 3 is 0.925 bits per heavy atom. The van der Waals surface area contributed by atoms with Crippen LogP contribution in [0, 0.1) is 0 Å². The van der Waals surface area contributed by atoms with Gasteiger partial charge in [-0.25, -0.2) is 29.9 Å². The van der Waals surface area contributed by atoms with E-state index in [9.17, 15) is 0 Å². The minimum Gasteiger partial charge on any atom is -0.306 e. The second-order valence-electron chi connectivity index (χ2n) is 19.5. The van der Waals surface area contributed by atoms with E-state index in [1.807, 2.05) is 72.8 Å². The van der Waals surface area contributed by atoms with E-state index in [0.29, 0.717) is 17.5 Å². The van der Waals surface area contributed by atoms with Gasteiger partial charge in [-0.05, 0) is 59.7 Å². The number of hydrogen-bond acceptors (Lipinski definition) is 8. The van der Waals surface area contributed by atoms with Crippen LogP contribution in [-0.2, 0) is 0 Å². The number of fused-ring (bicyclic) bond motifs is 2. The number of anilines is 6. The van der Waals surface area contributed by atoms with Crippen LogP contribution in [0.3, 0.4) is 0 Å². The van der Waals surface area contributed by atoms with Gasteiger partial charge in [0.15, 0.2) is 17.5 Å². The van der Waals surface area contributed by atoms with Crippen molar-refractivity contribution in [3.05, 3.63) is 291 Å². The van der Waals surface area contributed by atoms with Gasteiger partial charge in [0.25, 0.3) is 0 Å². The van der Waals surface area contributed by atoms with E-state index in [2.05, 4.69) is 228 Å². The summed E-state index contributed by atoms with van der Waals surface area (Å²) in [6.07, 6.45) is 0. The first-order valence-electron chi connectivity index (χ1n) is 26.7. The van der Waals surface area contributed by atoms with E-state index in [1.54, 1.807) is 0 Å². The zero-order valence-electron chi connectivity index (χ0n) is 43.3. The molecule has 0 saturated carbocycles. The van der Waals surface area contributed by atoms with Crippen LogP contribution in [-0.4, -0.2) is 29.9 Å². The number of benzene rings is 10. The Balaban J connectivity index is 1.07. The van der Waals surface area contributed by atoms with Crippen molar-refractivity contribution in [2.45, 2.75) is 0 Å². The van der Waals surface area contributed by atoms with Crippen LogP contribution >= 0.6 is 0 Å². The second-order valence-corrected chi connectivity index (χ2v) is 19.5. The number of rotatable bonds is 11. The van der Waals surface area contributed by atoms with Crippen molar-refractivity contribution in [3.63, 3.8) is 0 Å². The molecule has 376 valence electrons. The van der Waals surface area contributed by atoms with E-state index >= 15 is 0 Å². The Bertz CT molecular complexity index is 4120. The van der Waals surface area contributed by atoms with Gasteiger partial charge in [-0.3, -0.25) is 4.90 Å². The Labute approximate surface area is 464 Å². The van der Waals surface area contributed by atoms with E-state index < -0.39 is 0 Å². The fourth-order valence-corrected chi connectivity index (χ4v) is 10.6. The lowest BCUT2D eigenvalue weighted by molar-refractivity contribution is 1.09. The lowest BCUT2D eigenvalue weighted by Gasteiger charge is -2.40. The first-order valence-corrected chi connectivity index (χ1v) is 26.7. The van der Waals surface area contributed by atoms with Gasteiger partial charge in [0.2, 0.25) is 0 Å². The highest BCUT2D eigenvalue weighted by molar-refractivity contribution is 6.05. The summed E-state index contributed by atoms with van der Waals surface area (Å²) in [6.45, 7) is 0. The highest BCUT2D eigenvalue weighted by atomic mass is 15.3. The molecule has 0 radical (unpaired) electrons. The summed E-state index contributed by atoms with van der Waals surface area (Å²) in [5.74, 6) is 2.55. The van der Waals surface area contributed by atoms with Crippen LogP contribution in [0.15, 0.2) is 291 Å². The Morgan fingerprint density at radius 1 is 0.188 bits per heavy atom. The maximum atomic E-state index is 5.57. The van der Waals surface area contributed by atoms with Crippen LogP contribution in [0.5, 0.6) is 0 Å². The highest BCUT2D eigenvalue weighted by Crippen LogP contribution is 2.57. The molecule has 1 aliphatic heterocycles. The van der Waals surface area contributed by atoms with E-state index in [0.717, 1.165) is 118 Å². The molecule has 14 rings (SSSR count). The van der Waals surface area contributed by atoms with Crippen molar-refractivity contribution in [1.82, 2.24) is 29.9 Å². The molecule has 8 heteroatoms. The van der Waals surface area contributed by atoms with Crippen LogP contribution in [0.25, 0.3) is 102 Å². The minimum absolute atomic E-state index is 0.579. The van der Waals surface area contributed by atoms with Gasteiger partial charge >= 0.3 is 0 Å². The second kappa shape index (κ2) is 20.9. The number of para-hydroxylation sites is 4.